The van der Waals surface area contributed by atoms with Gasteiger partial charge in [-0.3, -0.25) is 0 Å². The van der Waals surface area contributed by atoms with Gasteiger partial charge in [0.25, 0.3) is 0 Å². The Kier molecular flexibility index (Phi) is 3.46. The first kappa shape index (κ1) is 12.4. The number of hydrogen-bond donors (Lipinski definition) is 1. The zero-order valence-corrected chi connectivity index (χ0v) is 11.2. The molecular formula is C16H15N3O. The van der Waals surface area contributed by atoms with Crippen molar-refractivity contribution in [2.24, 2.45) is 0 Å². The number of nitrogens with one attached hydrogen (secondary N) is 1. The van der Waals surface area contributed by atoms with Crippen LogP contribution < -0.4 is 5.32 Å². The second kappa shape index (κ2) is 5.57. The van der Waals surface area contributed by atoms with Gasteiger partial charge in [0, 0.05) is 17.8 Å². The first-order chi connectivity index (χ1) is 9.83. The number of hydrogen-bond acceptors (Lipinski definition) is 4. The predicted octanol–water partition coefficient (Wildman–Crippen LogP) is 3.66. The fraction of sp³-hybridized carbons (Fsp3) is 0.125. The van der Waals surface area contributed by atoms with Gasteiger partial charge in [0.1, 0.15) is 0 Å². The van der Waals surface area contributed by atoms with Crippen molar-refractivity contribution < 1.29 is 4.42 Å². The van der Waals surface area contributed by atoms with Crippen LogP contribution in [0, 0.1) is 6.92 Å². The van der Waals surface area contributed by atoms with Gasteiger partial charge in [-0.2, -0.15) is 0 Å². The molecule has 1 aromatic heterocycles. The molecule has 0 radical (unpaired) electrons. The number of rotatable bonds is 4. The summed E-state index contributed by atoms with van der Waals surface area (Å²) in [4.78, 5) is 0. The van der Waals surface area contributed by atoms with E-state index in [1.807, 2.05) is 24.3 Å². The highest BCUT2D eigenvalue weighted by molar-refractivity contribution is 5.61. The zero-order valence-electron chi connectivity index (χ0n) is 11.2. The summed E-state index contributed by atoms with van der Waals surface area (Å²) in [7, 11) is 0. The largest absolute Gasteiger partial charge is 0.423 e. The molecule has 2 aromatic carbocycles. The Morgan fingerprint density at radius 2 is 2.00 bits per heavy atom. The van der Waals surface area contributed by atoms with E-state index in [1.165, 1.54) is 17.5 Å². The van der Waals surface area contributed by atoms with Crippen molar-refractivity contribution in [2.75, 3.05) is 5.32 Å². The molecule has 3 rings (SSSR count). The Morgan fingerprint density at radius 1 is 1.10 bits per heavy atom. The molecule has 1 N–H and O–H groups in total. The van der Waals surface area contributed by atoms with E-state index in [9.17, 15) is 0 Å². The molecule has 0 bridgehead atoms. The topological polar surface area (TPSA) is 51.0 Å². The molecule has 0 atom stereocenters. The quantitative estimate of drug-likeness (QED) is 0.782. The summed E-state index contributed by atoms with van der Waals surface area (Å²) in [6.07, 6.45) is 1.34. The smallest absolute Gasteiger partial charge is 0.247 e. The molecule has 4 heteroatoms. The van der Waals surface area contributed by atoms with Gasteiger partial charge >= 0.3 is 0 Å². The maximum Gasteiger partial charge on any atom is 0.247 e. The highest BCUT2D eigenvalue weighted by Gasteiger charge is 2.04. The van der Waals surface area contributed by atoms with Crippen LogP contribution in [-0.4, -0.2) is 10.2 Å². The van der Waals surface area contributed by atoms with Crippen LogP contribution in [0.15, 0.2) is 59.3 Å². The van der Waals surface area contributed by atoms with Gasteiger partial charge in [0.2, 0.25) is 12.3 Å². The molecule has 0 saturated heterocycles. The van der Waals surface area contributed by atoms with Crippen LogP contribution in [0.25, 0.3) is 11.5 Å². The molecule has 0 unspecified atom stereocenters. The molecule has 0 aliphatic carbocycles. The van der Waals surface area contributed by atoms with Gasteiger partial charge in [-0.05, 0) is 36.2 Å². The van der Waals surface area contributed by atoms with Gasteiger partial charge in [-0.25, -0.2) is 0 Å². The average molecular weight is 265 g/mol. The third kappa shape index (κ3) is 2.69. The van der Waals surface area contributed by atoms with E-state index in [2.05, 4.69) is 46.7 Å². The minimum atomic E-state index is 0.532. The summed E-state index contributed by atoms with van der Waals surface area (Å²) in [5, 5.41) is 11.0. The summed E-state index contributed by atoms with van der Waals surface area (Å²) in [5.41, 5.74) is 4.52. The Hall–Kier alpha value is -2.62. The number of anilines is 1. The Morgan fingerprint density at radius 3 is 2.80 bits per heavy atom. The third-order valence-electron chi connectivity index (χ3n) is 3.21. The van der Waals surface area contributed by atoms with Crippen LogP contribution in [0.1, 0.15) is 11.1 Å². The summed E-state index contributed by atoms with van der Waals surface area (Å²) in [6, 6.07) is 16.3. The van der Waals surface area contributed by atoms with Crippen molar-refractivity contribution in [1.82, 2.24) is 10.2 Å². The molecule has 0 fully saturated rings. The van der Waals surface area contributed by atoms with Crippen molar-refractivity contribution in [2.45, 2.75) is 13.5 Å². The molecule has 20 heavy (non-hydrogen) atoms. The number of nitrogens with zero attached hydrogens (tertiary/aromatic N) is 2. The summed E-state index contributed by atoms with van der Waals surface area (Å²) in [6.45, 7) is 2.91. The molecular weight excluding hydrogens is 250 g/mol. The van der Waals surface area contributed by atoms with Crippen molar-refractivity contribution in [3.8, 4) is 11.5 Å². The number of aryl methyl sites for hydroxylation is 1. The Labute approximate surface area is 117 Å². The van der Waals surface area contributed by atoms with E-state index in [4.69, 9.17) is 4.42 Å². The molecule has 100 valence electrons. The van der Waals surface area contributed by atoms with E-state index < -0.39 is 0 Å². The lowest BCUT2D eigenvalue weighted by Crippen LogP contribution is -2.01. The molecule has 3 aromatic rings. The maximum absolute atomic E-state index is 5.21. The van der Waals surface area contributed by atoms with Crippen molar-refractivity contribution >= 4 is 5.69 Å². The van der Waals surface area contributed by atoms with E-state index >= 15 is 0 Å². The third-order valence-corrected chi connectivity index (χ3v) is 3.21. The van der Waals surface area contributed by atoms with E-state index in [0.717, 1.165) is 17.8 Å². The normalized spacial score (nSPS) is 10.4. The minimum absolute atomic E-state index is 0.532. The fourth-order valence-electron chi connectivity index (χ4n) is 2.07. The van der Waals surface area contributed by atoms with Crippen LogP contribution in [-0.2, 0) is 6.54 Å². The van der Waals surface area contributed by atoms with Crippen molar-refractivity contribution in [1.29, 1.82) is 0 Å². The van der Waals surface area contributed by atoms with Gasteiger partial charge in [-0.1, -0.05) is 30.3 Å². The Bertz CT molecular complexity index is 692. The fourth-order valence-corrected chi connectivity index (χ4v) is 2.07. The van der Waals surface area contributed by atoms with Crippen molar-refractivity contribution in [3.05, 3.63) is 66.1 Å². The number of aromatic nitrogens is 2. The summed E-state index contributed by atoms with van der Waals surface area (Å²) in [5.74, 6) is 0.532. The molecule has 0 aliphatic heterocycles. The molecule has 0 spiro atoms. The second-order valence-corrected chi connectivity index (χ2v) is 4.60. The van der Waals surface area contributed by atoms with Crippen LogP contribution in [0.3, 0.4) is 0 Å². The first-order valence-corrected chi connectivity index (χ1v) is 6.48. The lowest BCUT2D eigenvalue weighted by Gasteiger charge is -2.09. The molecule has 4 nitrogen and oxygen atoms in total. The molecule has 1 heterocycles. The summed E-state index contributed by atoms with van der Waals surface area (Å²) < 4.78 is 5.21. The molecule has 0 saturated carbocycles. The lowest BCUT2D eigenvalue weighted by atomic mass is 10.1. The van der Waals surface area contributed by atoms with E-state index in [0.29, 0.717) is 5.89 Å². The highest BCUT2D eigenvalue weighted by atomic mass is 16.4. The van der Waals surface area contributed by atoms with Gasteiger partial charge < -0.3 is 9.73 Å². The molecule has 0 aliphatic rings. The average Bonchev–Trinajstić information content (AvgIpc) is 3.01. The number of benzene rings is 2. The van der Waals surface area contributed by atoms with Crippen LogP contribution in [0.2, 0.25) is 0 Å². The summed E-state index contributed by atoms with van der Waals surface area (Å²) >= 11 is 0. The van der Waals surface area contributed by atoms with Crippen LogP contribution in [0.5, 0.6) is 0 Å². The van der Waals surface area contributed by atoms with Gasteiger partial charge in [-0.15, -0.1) is 10.2 Å². The standard InChI is InChI=1S/C16H15N3O/c1-12-5-2-3-6-14(12)10-17-15-8-4-7-13(9-15)16-19-18-11-20-16/h2-9,11,17H,10H2,1H3. The van der Waals surface area contributed by atoms with Crippen LogP contribution in [0.4, 0.5) is 5.69 Å². The van der Waals surface area contributed by atoms with Crippen LogP contribution >= 0.6 is 0 Å². The van der Waals surface area contributed by atoms with E-state index in [-0.39, 0.29) is 0 Å². The van der Waals surface area contributed by atoms with Gasteiger partial charge in [0.15, 0.2) is 0 Å². The second-order valence-electron chi connectivity index (χ2n) is 4.60. The molecule has 0 amide bonds. The highest BCUT2D eigenvalue weighted by Crippen LogP contribution is 2.21. The zero-order chi connectivity index (χ0) is 13.8. The monoisotopic (exact) mass is 265 g/mol. The minimum Gasteiger partial charge on any atom is -0.423 e. The SMILES string of the molecule is Cc1ccccc1CNc1cccc(-c2nnco2)c1. The lowest BCUT2D eigenvalue weighted by molar-refractivity contribution is 0.568. The van der Waals surface area contributed by atoms with E-state index in [1.54, 1.807) is 0 Å². The van der Waals surface area contributed by atoms with Gasteiger partial charge in [0.05, 0.1) is 0 Å². The first-order valence-electron chi connectivity index (χ1n) is 6.48. The van der Waals surface area contributed by atoms with Crippen molar-refractivity contribution in [3.63, 3.8) is 0 Å². The maximum atomic E-state index is 5.21. The Balaban J connectivity index is 1.75. The predicted molar refractivity (Wildman–Crippen MR) is 78.2 cm³/mol.